The lowest BCUT2D eigenvalue weighted by atomic mass is 10.2. The summed E-state index contributed by atoms with van der Waals surface area (Å²) in [4.78, 5) is 17.5. The topological polar surface area (TPSA) is 69.7 Å². The van der Waals surface area contributed by atoms with Crippen molar-refractivity contribution in [1.82, 2.24) is 9.21 Å². The molecule has 3 rings (SSSR count). The van der Waals surface area contributed by atoms with Crippen LogP contribution < -0.4 is 5.32 Å². The molecule has 8 heteroatoms. The van der Waals surface area contributed by atoms with E-state index in [0.29, 0.717) is 12.2 Å². The number of benzene rings is 1. The first-order valence-corrected chi connectivity index (χ1v) is 11.2. The number of hydrogen-bond donors (Lipinski definition) is 1. The summed E-state index contributed by atoms with van der Waals surface area (Å²) >= 11 is 1.78. The molecule has 0 spiro atoms. The zero-order valence-corrected chi connectivity index (χ0v) is 17.4. The molecule has 0 bridgehead atoms. The largest absolute Gasteiger partial charge is 0.325 e. The van der Waals surface area contributed by atoms with Crippen LogP contribution in [0.3, 0.4) is 0 Å². The van der Waals surface area contributed by atoms with Gasteiger partial charge in [-0.25, -0.2) is 12.7 Å². The maximum Gasteiger partial charge on any atom is 0.242 e. The van der Waals surface area contributed by atoms with E-state index in [1.54, 1.807) is 23.5 Å². The van der Waals surface area contributed by atoms with E-state index in [4.69, 9.17) is 0 Å². The predicted molar refractivity (Wildman–Crippen MR) is 109 cm³/mol. The van der Waals surface area contributed by atoms with E-state index in [1.165, 1.54) is 36.0 Å². The van der Waals surface area contributed by atoms with Crippen molar-refractivity contribution in [1.29, 1.82) is 0 Å². The average molecular weight is 408 g/mol. The molecule has 146 valence electrons. The second-order valence-corrected chi connectivity index (χ2v) is 10.4. The molecule has 1 atom stereocenters. The van der Waals surface area contributed by atoms with Crippen molar-refractivity contribution in [3.63, 3.8) is 0 Å². The van der Waals surface area contributed by atoms with Crippen LogP contribution in [0.4, 0.5) is 5.69 Å². The minimum absolute atomic E-state index is 0.130. The number of carbonyl (C=O) groups excluding carboxylic acids is 1. The van der Waals surface area contributed by atoms with E-state index in [-0.39, 0.29) is 16.8 Å². The van der Waals surface area contributed by atoms with E-state index in [2.05, 4.69) is 29.3 Å². The third kappa shape index (κ3) is 4.57. The molecule has 2 aromatic rings. The van der Waals surface area contributed by atoms with E-state index in [9.17, 15) is 13.2 Å². The van der Waals surface area contributed by atoms with Gasteiger partial charge in [-0.3, -0.25) is 9.69 Å². The maximum absolute atomic E-state index is 12.5. The molecule has 1 aliphatic heterocycles. The fraction of sp³-hybridized carbons (Fsp3) is 0.421. The van der Waals surface area contributed by atoms with Gasteiger partial charge in [0.05, 0.1) is 11.4 Å². The van der Waals surface area contributed by atoms with Gasteiger partial charge in [0, 0.05) is 35.6 Å². The van der Waals surface area contributed by atoms with E-state index in [0.717, 1.165) is 23.7 Å². The van der Waals surface area contributed by atoms with Crippen LogP contribution in [0.1, 0.15) is 28.6 Å². The lowest BCUT2D eigenvalue weighted by Crippen LogP contribution is -2.32. The Balaban J connectivity index is 1.67. The van der Waals surface area contributed by atoms with Crippen LogP contribution in [0.2, 0.25) is 0 Å². The number of amides is 1. The molecule has 27 heavy (non-hydrogen) atoms. The number of rotatable bonds is 6. The lowest BCUT2D eigenvalue weighted by Gasteiger charge is -2.23. The van der Waals surface area contributed by atoms with Gasteiger partial charge in [0.25, 0.3) is 0 Å². The molecular weight excluding hydrogens is 382 g/mol. The maximum atomic E-state index is 12.5. The van der Waals surface area contributed by atoms with Gasteiger partial charge >= 0.3 is 0 Å². The van der Waals surface area contributed by atoms with Crippen molar-refractivity contribution in [3.8, 4) is 0 Å². The quantitative estimate of drug-likeness (QED) is 0.799. The molecule has 1 unspecified atom stereocenters. The van der Waals surface area contributed by atoms with Crippen molar-refractivity contribution in [2.75, 3.05) is 32.5 Å². The van der Waals surface area contributed by atoms with Crippen LogP contribution in [0.15, 0.2) is 41.3 Å². The van der Waals surface area contributed by atoms with Crippen molar-refractivity contribution in [3.05, 3.63) is 46.2 Å². The summed E-state index contributed by atoms with van der Waals surface area (Å²) in [6, 6.07) is 10.9. The standard InChI is InChI=1S/C19H25N3O3S2/c1-14-9-10-18(26-14)17-8-5-11-22(17)13-19(23)20-15-6-4-7-16(12-15)27(24,25)21(2)3/h4,6-7,9-10,12,17H,5,8,11,13H2,1-3H3,(H,20,23). The number of nitrogens with zero attached hydrogens (tertiary/aromatic N) is 2. The summed E-state index contributed by atoms with van der Waals surface area (Å²) in [5.41, 5.74) is 0.491. The normalized spacial score (nSPS) is 18.1. The monoisotopic (exact) mass is 407 g/mol. The number of anilines is 1. The highest BCUT2D eigenvalue weighted by Crippen LogP contribution is 2.35. The summed E-state index contributed by atoms with van der Waals surface area (Å²) in [5, 5.41) is 2.84. The van der Waals surface area contributed by atoms with Crippen LogP contribution in [0.5, 0.6) is 0 Å². The number of aryl methyl sites for hydroxylation is 1. The van der Waals surface area contributed by atoms with Gasteiger partial charge in [-0.1, -0.05) is 6.07 Å². The molecule has 0 saturated carbocycles. The molecule has 1 aliphatic rings. The first kappa shape index (κ1) is 20.0. The van der Waals surface area contributed by atoms with Crippen molar-refractivity contribution in [2.45, 2.75) is 30.7 Å². The highest BCUT2D eigenvalue weighted by molar-refractivity contribution is 7.89. The van der Waals surface area contributed by atoms with Gasteiger partial charge < -0.3 is 5.32 Å². The Kier molecular flexibility index (Phi) is 6.00. The molecule has 1 aromatic heterocycles. The van der Waals surface area contributed by atoms with Crippen LogP contribution in [0.25, 0.3) is 0 Å². The summed E-state index contributed by atoms with van der Waals surface area (Å²) in [6.45, 7) is 3.28. The first-order chi connectivity index (χ1) is 12.8. The molecule has 1 aromatic carbocycles. The molecule has 2 heterocycles. The van der Waals surface area contributed by atoms with Gasteiger partial charge in [-0.2, -0.15) is 0 Å². The van der Waals surface area contributed by atoms with Crippen LogP contribution >= 0.6 is 11.3 Å². The fourth-order valence-corrected chi connectivity index (χ4v) is 5.30. The molecule has 1 N–H and O–H groups in total. The Morgan fingerprint density at radius 1 is 1.30 bits per heavy atom. The number of nitrogens with one attached hydrogen (secondary N) is 1. The lowest BCUT2D eigenvalue weighted by molar-refractivity contribution is -0.117. The van der Waals surface area contributed by atoms with Crippen molar-refractivity contribution >= 4 is 33.0 Å². The number of carbonyl (C=O) groups is 1. The summed E-state index contributed by atoms with van der Waals surface area (Å²) in [6.07, 6.45) is 2.13. The smallest absolute Gasteiger partial charge is 0.242 e. The Bertz CT molecular complexity index is 922. The summed E-state index contributed by atoms with van der Waals surface area (Å²) in [7, 11) is -0.554. The van der Waals surface area contributed by atoms with Crippen molar-refractivity contribution in [2.24, 2.45) is 0 Å². The van der Waals surface area contributed by atoms with Crippen LogP contribution in [-0.4, -0.2) is 50.7 Å². The highest BCUT2D eigenvalue weighted by atomic mass is 32.2. The molecule has 6 nitrogen and oxygen atoms in total. The number of hydrogen-bond acceptors (Lipinski definition) is 5. The second-order valence-electron chi connectivity index (χ2n) is 6.94. The van der Waals surface area contributed by atoms with Gasteiger partial charge in [0.1, 0.15) is 0 Å². The molecule has 0 radical (unpaired) electrons. The van der Waals surface area contributed by atoms with E-state index in [1.807, 2.05) is 0 Å². The first-order valence-electron chi connectivity index (χ1n) is 8.90. The molecule has 0 aliphatic carbocycles. The average Bonchev–Trinajstić information content (AvgIpc) is 3.23. The van der Waals surface area contributed by atoms with Gasteiger partial charge in [-0.05, 0) is 56.6 Å². The van der Waals surface area contributed by atoms with Gasteiger partial charge in [0.15, 0.2) is 0 Å². The minimum Gasteiger partial charge on any atom is -0.325 e. The minimum atomic E-state index is -3.53. The Morgan fingerprint density at radius 2 is 2.07 bits per heavy atom. The predicted octanol–water partition coefficient (Wildman–Crippen LogP) is 3.08. The number of sulfonamides is 1. The Morgan fingerprint density at radius 3 is 2.74 bits per heavy atom. The SMILES string of the molecule is Cc1ccc(C2CCCN2CC(=O)Nc2cccc(S(=O)(=O)N(C)C)c2)s1. The zero-order chi connectivity index (χ0) is 19.6. The molecular formula is C19H25N3O3S2. The van der Waals surface area contributed by atoms with Crippen LogP contribution in [0, 0.1) is 6.92 Å². The highest BCUT2D eigenvalue weighted by Gasteiger charge is 2.28. The van der Waals surface area contributed by atoms with E-state index >= 15 is 0 Å². The van der Waals surface area contributed by atoms with Crippen LogP contribution in [-0.2, 0) is 14.8 Å². The molecule has 1 amide bonds. The number of likely N-dealkylation sites (tertiary alicyclic amines) is 1. The van der Waals surface area contributed by atoms with Gasteiger partial charge in [0.2, 0.25) is 15.9 Å². The molecule has 1 fully saturated rings. The van der Waals surface area contributed by atoms with Gasteiger partial charge in [-0.15, -0.1) is 11.3 Å². The third-order valence-corrected chi connectivity index (χ3v) is 7.61. The number of thiophene rings is 1. The Hall–Kier alpha value is -1.74. The van der Waals surface area contributed by atoms with Crippen molar-refractivity contribution < 1.29 is 13.2 Å². The molecule has 1 saturated heterocycles. The second kappa shape index (κ2) is 8.10. The Labute approximate surface area is 164 Å². The summed E-state index contributed by atoms with van der Waals surface area (Å²) in [5.74, 6) is -0.130. The van der Waals surface area contributed by atoms with E-state index < -0.39 is 10.0 Å². The third-order valence-electron chi connectivity index (χ3n) is 4.70. The summed E-state index contributed by atoms with van der Waals surface area (Å²) < 4.78 is 25.7. The zero-order valence-electron chi connectivity index (χ0n) is 15.8. The fourth-order valence-electron chi connectivity index (χ4n) is 3.30.